The van der Waals surface area contributed by atoms with E-state index in [1.54, 1.807) is 0 Å². The molecule has 0 aromatic carbocycles. The Labute approximate surface area is 112 Å². The number of aromatic nitrogens is 2. The second-order valence-electron chi connectivity index (χ2n) is 6.30. The van der Waals surface area contributed by atoms with Gasteiger partial charge in [-0.05, 0) is 39.2 Å². The van der Waals surface area contributed by atoms with E-state index in [1.165, 1.54) is 0 Å². The van der Waals surface area contributed by atoms with Crippen molar-refractivity contribution < 1.29 is 4.55 Å². The molecular formula is C13H23N3OS. The van der Waals surface area contributed by atoms with Crippen molar-refractivity contribution in [3.05, 3.63) is 18.0 Å². The predicted molar refractivity (Wildman–Crippen MR) is 74.5 cm³/mol. The third-order valence-corrected chi connectivity index (χ3v) is 5.04. The van der Waals surface area contributed by atoms with Gasteiger partial charge in [-0.3, -0.25) is 4.68 Å². The summed E-state index contributed by atoms with van der Waals surface area (Å²) in [6, 6.07) is 2.59. The molecule has 0 unspecified atom stereocenters. The van der Waals surface area contributed by atoms with Gasteiger partial charge in [0.25, 0.3) is 0 Å². The molecule has 3 atom stereocenters. The maximum Gasteiger partial charge on any atom is 0.136 e. The Balaban J connectivity index is 2.14. The average molecular weight is 269 g/mol. The predicted octanol–water partition coefficient (Wildman–Crippen LogP) is 2.58. The van der Waals surface area contributed by atoms with Gasteiger partial charge in [0.1, 0.15) is 4.75 Å². The van der Waals surface area contributed by atoms with Crippen molar-refractivity contribution in [2.45, 2.75) is 57.9 Å². The smallest absolute Gasteiger partial charge is 0.136 e. The van der Waals surface area contributed by atoms with Crippen LogP contribution in [0.1, 0.15) is 58.8 Å². The van der Waals surface area contributed by atoms with Crippen LogP contribution < -0.4 is 4.72 Å². The minimum Gasteiger partial charge on any atom is -0.598 e. The second-order valence-corrected chi connectivity index (χ2v) is 8.30. The normalized spacial score (nSPS) is 25.5. The summed E-state index contributed by atoms with van der Waals surface area (Å²) in [5.41, 5.74) is 1.16. The highest BCUT2D eigenvalue weighted by atomic mass is 32.2. The van der Waals surface area contributed by atoms with Gasteiger partial charge in [-0.2, -0.15) is 5.10 Å². The average Bonchev–Trinajstić information content (AvgIpc) is 2.79. The Bertz CT molecular complexity index is 411. The second kappa shape index (κ2) is 4.87. The van der Waals surface area contributed by atoms with Gasteiger partial charge in [0, 0.05) is 17.6 Å². The zero-order valence-electron chi connectivity index (χ0n) is 11.8. The molecule has 0 fully saturated rings. The van der Waals surface area contributed by atoms with Crippen molar-refractivity contribution >= 4 is 11.4 Å². The summed E-state index contributed by atoms with van der Waals surface area (Å²) in [7, 11) is 0. The zero-order valence-corrected chi connectivity index (χ0v) is 12.6. The number of hydrogen-bond acceptors (Lipinski definition) is 3. The quantitative estimate of drug-likeness (QED) is 0.858. The molecule has 0 amide bonds. The SMILES string of the molecule is CC(C)[C@@H]1C[C@@H](N[S@@+]([O-])C(C)(C)C)c2ccnn21. The molecule has 1 aromatic rings. The standard InChI is InChI=1S/C13H23N3OS/c1-9(2)12-8-10(11-6-7-14-16(11)12)15-18(17)13(3,4)5/h6-7,9-10,12,15H,8H2,1-5H3/t10-,12+,18+/m1/s1. The molecule has 0 saturated carbocycles. The summed E-state index contributed by atoms with van der Waals surface area (Å²) < 4.78 is 17.3. The number of fused-ring (bicyclic) bond motifs is 1. The van der Waals surface area contributed by atoms with Crippen LogP contribution in [0.15, 0.2) is 12.3 Å². The lowest BCUT2D eigenvalue weighted by atomic mass is 10.0. The van der Waals surface area contributed by atoms with Gasteiger partial charge in [-0.15, -0.1) is 4.72 Å². The van der Waals surface area contributed by atoms with Gasteiger partial charge < -0.3 is 4.55 Å². The van der Waals surface area contributed by atoms with Crippen molar-refractivity contribution in [3.63, 3.8) is 0 Å². The third-order valence-electron chi connectivity index (χ3n) is 3.42. The van der Waals surface area contributed by atoms with Gasteiger partial charge in [-0.1, -0.05) is 13.8 Å². The van der Waals surface area contributed by atoms with Crippen molar-refractivity contribution in [2.75, 3.05) is 0 Å². The van der Waals surface area contributed by atoms with Gasteiger partial charge in [0.05, 0.1) is 17.8 Å². The first kappa shape index (κ1) is 13.9. The van der Waals surface area contributed by atoms with Crippen LogP contribution in [0, 0.1) is 5.92 Å². The maximum absolute atomic E-state index is 12.2. The summed E-state index contributed by atoms with van der Waals surface area (Å²) in [5, 5.41) is 4.40. The van der Waals surface area contributed by atoms with E-state index >= 15 is 0 Å². The molecular weight excluding hydrogens is 246 g/mol. The lowest BCUT2D eigenvalue weighted by Gasteiger charge is -2.26. The molecule has 0 saturated heterocycles. The molecule has 1 aliphatic heterocycles. The Morgan fingerprint density at radius 1 is 1.50 bits per heavy atom. The Morgan fingerprint density at radius 3 is 2.72 bits per heavy atom. The summed E-state index contributed by atoms with van der Waals surface area (Å²) in [5.74, 6) is 0.540. The summed E-state index contributed by atoms with van der Waals surface area (Å²) in [6.45, 7) is 10.4. The molecule has 5 heteroatoms. The highest BCUT2D eigenvalue weighted by Gasteiger charge is 2.38. The fourth-order valence-corrected chi connectivity index (χ4v) is 3.14. The molecule has 0 spiro atoms. The highest BCUT2D eigenvalue weighted by molar-refractivity contribution is 7.90. The summed E-state index contributed by atoms with van der Waals surface area (Å²) >= 11 is -1.04. The fraction of sp³-hybridized carbons (Fsp3) is 0.769. The van der Waals surface area contributed by atoms with Crippen molar-refractivity contribution in [1.82, 2.24) is 14.5 Å². The van der Waals surface area contributed by atoms with Crippen LogP contribution in [0.5, 0.6) is 0 Å². The van der Waals surface area contributed by atoms with E-state index in [2.05, 4.69) is 28.4 Å². The molecule has 1 aliphatic rings. The molecule has 0 radical (unpaired) electrons. The van der Waals surface area contributed by atoms with Gasteiger partial charge in [0.2, 0.25) is 0 Å². The minimum atomic E-state index is -1.04. The summed E-state index contributed by atoms with van der Waals surface area (Å²) in [6.07, 6.45) is 2.81. The number of nitrogens with zero attached hydrogens (tertiary/aromatic N) is 2. The molecule has 102 valence electrons. The van der Waals surface area contributed by atoms with Crippen LogP contribution in [0.2, 0.25) is 0 Å². The highest BCUT2D eigenvalue weighted by Crippen LogP contribution is 2.38. The monoisotopic (exact) mass is 269 g/mol. The largest absolute Gasteiger partial charge is 0.598 e. The first-order valence-corrected chi connectivity index (χ1v) is 7.67. The van der Waals surface area contributed by atoms with Gasteiger partial charge in [0.15, 0.2) is 0 Å². The Morgan fingerprint density at radius 2 is 2.17 bits per heavy atom. The van der Waals surface area contributed by atoms with Crippen LogP contribution in [-0.2, 0) is 11.4 Å². The third kappa shape index (κ3) is 2.58. The molecule has 1 N–H and O–H groups in total. The number of hydrogen-bond donors (Lipinski definition) is 1. The van der Waals surface area contributed by atoms with Crippen molar-refractivity contribution in [3.8, 4) is 0 Å². The number of rotatable bonds is 3. The molecule has 4 nitrogen and oxygen atoms in total. The van der Waals surface area contributed by atoms with Crippen molar-refractivity contribution in [1.29, 1.82) is 0 Å². The maximum atomic E-state index is 12.2. The topological polar surface area (TPSA) is 52.9 Å². The summed E-state index contributed by atoms with van der Waals surface area (Å²) in [4.78, 5) is 0. The lowest BCUT2D eigenvalue weighted by Crippen LogP contribution is -2.40. The molecule has 18 heavy (non-hydrogen) atoms. The van der Waals surface area contributed by atoms with Crippen LogP contribution in [-0.4, -0.2) is 19.1 Å². The van der Waals surface area contributed by atoms with Crippen LogP contribution in [0.4, 0.5) is 0 Å². The molecule has 0 aliphatic carbocycles. The van der Waals surface area contributed by atoms with Crippen molar-refractivity contribution in [2.24, 2.45) is 5.92 Å². The molecule has 0 bridgehead atoms. The number of nitrogens with one attached hydrogen (secondary N) is 1. The molecule has 2 rings (SSSR count). The first-order valence-electron chi connectivity index (χ1n) is 6.52. The van der Waals surface area contributed by atoms with Crippen LogP contribution in [0.25, 0.3) is 0 Å². The Hall–Kier alpha value is -0.520. The fourth-order valence-electron chi connectivity index (χ4n) is 2.31. The molecule has 2 heterocycles. The van der Waals surface area contributed by atoms with E-state index in [-0.39, 0.29) is 10.8 Å². The van der Waals surface area contributed by atoms with E-state index < -0.39 is 11.4 Å². The van der Waals surface area contributed by atoms with Crippen LogP contribution in [0.3, 0.4) is 0 Å². The molecule has 1 aromatic heterocycles. The first-order chi connectivity index (χ1) is 8.30. The van der Waals surface area contributed by atoms with E-state index in [4.69, 9.17) is 0 Å². The Kier molecular flexibility index (Phi) is 3.76. The van der Waals surface area contributed by atoms with Crippen LogP contribution >= 0.6 is 0 Å². The van der Waals surface area contributed by atoms with Gasteiger partial charge in [-0.25, -0.2) is 0 Å². The van der Waals surface area contributed by atoms with Gasteiger partial charge >= 0.3 is 0 Å². The lowest BCUT2D eigenvalue weighted by molar-refractivity contribution is 0.352. The zero-order chi connectivity index (χ0) is 13.5. The van der Waals surface area contributed by atoms with E-state index in [0.29, 0.717) is 12.0 Å². The van der Waals surface area contributed by atoms with E-state index in [9.17, 15) is 4.55 Å². The van der Waals surface area contributed by atoms with E-state index in [1.807, 2.05) is 33.0 Å². The minimum absolute atomic E-state index is 0.153. The van der Waals surface area contributed by atoms with E-state index in [0.717, 1.165) is 12.1 Å².